The van der Waals surface area contributed by atoms with Crippen LogP contribution in [-0.4, -0.2) is 22.7 Å². The van der Waals surface area contributed by atoms with Crippen molar-refractivity contribution in [2.45, 2.75) is 12.8 Å². The molecule has 0 unspecified atom stereocenters. The first-order valence-corrected chi connectivity index (χ1v) is 6.56. The molecule has 1 aromatic heterocycles. The Hall–Kier alpha value is -2.02. The molecule has 100 valence electrons. The van der Waals surface area contributed by atoms with Crippen LogP contribution in [0, 0.1) is 5.82 Å². The number of benzene rings is 1. The van der Waals surface area contributed by atoms with Crippen molar-refractivity contribution in [3.63, 3.8) is 0 Å². The van der Waals surface area contributed by atoms with E-state index in [4.69, 9.17) is 4.74 Å². The van der Waals surface area contributed by atoms with E-state index in [2.05, 4.69) is 15.5 Å². The number of carbonyl (C=O) groups is 1. The molecule has 19 heavy (non-hydrogen) atoms. The Morgan fingerprint density at radius 1 is 1.37 bits per heavy atom. The van der Waals surface area contributed by atoms with Crippen LogP contribution in [0.1, 0.15) is 12.8 Å². The lowest BCUT2D eigenvalue weighted by molar-refractivity contribution is -0.116. The number of halogens is 1. The molecule has 0 saturated carbocycles. The fraction of sp³-hybridized carbons (Fsp3) is 0.250. The molecule has 0 saturated heterocycles. The Kier molecular flexibility index (Phi) is 4.79. The second-order valence-corrected chi connectivity index (χ2v) is 4.53. The molecule has 0 fully saturated rings. The number of ether oxygens (including phenoxy) is 1. The van der Waals surface area contributed by atoms with Crippen LogP contribution >= 0.6 is 11.3 Å². The standard InChI is InChI=1S/C12H12FN3O2S/c13-9-3-5-10(6-4-9)18-7-1-2-11(17)15-12-16-14-8-19-12/h3-6,8H,1-2,7H2,(H,15,16,17). The highest BCUT2D eigenvalue weighted by atomic mass is 32.1. The molecule has 1 amide bonds. The van der Waals surface area contributed by atoms with Gasteiger partial charge in [-0.1, -0.05) is 11.3 Å². The molecule has 5 nitrogen and oxygen atoms in total. The topological polar surface area (TPSA) is 64.1 Å². The Bertz CT molecular complexity index is 516. The first-order chi connectivity index (χ1) is 9.24. The van der Waals surface area contributed by atoms with Gasteiger partial charge in [0.1, 0.15) is 17.1 Å². The first kappa shape index (κ1) is 13.4. The van der Waals surface area contributed by atoms with Gasteiger partial charge in [-0.2, -0.15) is 0 Å². The molecule has 7 heteroatoms. The molecule has 1 heterocycles. The van der Waals surface area contributed by atoms with Gasteiger partial charge in [0.15, 0.2) is 0 Å². The van der Waals surface area contributed by atoms with E-state index in [1.54, 1.807) is 17.6 Å². The van der Waals surface area contributed by atoms with Crippen LogP contribution in [0.2, 0.25) is 0 Å². The number of carbonyl (C=O) groups excluding carboxylic acids is 1. The van der Waals surface area contributed by atoms with Crippen molar-refractivity contribution in [1.82, 2.24) is 10.2 Å². The summed E-state index contributed by atoms with van der Waals surface area (Å²) in [5, 5.41) is 10.4. The summed E-state index contributed by atoms with van der Waals surface area (Å²) in [4.78, 5) is 11.5. The number of amides is 1. The van der Waals surface area contributed by atoms with Gasteiger partial charge in [-0.15, -0.1) is 10.2 Å². The predicted octanol–water partition coefficient (Wildman–Crippen LogP) is 2.47. The minimum atomic E-state index is -0.302. The molecule has 0 bridgehead atoms. The third-order valence-corrected chi connectivity index (χ3v) is 2.84. The molecular weight excluding hydrogens is 269 g/mol. The van der Waals surface area contributed by atoms with E-state index in [0.717, 1.165) is 0 Å². The number of nitrogens with one attached hydrogen (secondary N) is 1. The summed E-state index contributed by atoms with van der Waals surface area (Å²) in [6.07, 6.45) is 0.906. The molecular formula is C12H12FN3O2S. The number of rotatable bonds is 6. The predicted molar refractivity (Wildman–Crippen MR) is 69.7 cm³/mol. The van der Waals surface area contributed by atoms with Crippen molar-refractivity contribution in [2.75, 3.05) is 11.9 Å². The van der Waals surface area contributed by atoms with Gasteiger partial charge in [-0.25, -0.2) is 4.39 Å². The summed E-state index contributed by atoms with van der Waals surface area (Å²) in [6, 6.07) is 5.77. The quantitative estimate of drug-likeness (QED) is 0.826. The van der Waals surface area contributed by atoms with Gasteiger partial charge in [0, 0.05) is 6.42 Å². The van der Waals surface area contributed by atoms with Crippen molar-refractivity contribution < 1.29 is 13.9 Å². The maximum Gasteiger partial charge on any atom is 0.226 e. The Morgan fingerprint density at radius 3 is 2.84 bits per heavy atom. The van der Waals surface area contributed by atoms with Gasteiger partial charge in [-0.3, -0.25) is 4.79 Å². The van der Waals surface area contributed by atoms with Gasteiger partial charge in [0.25, 0.3) is 0 Å². The Labute approximate surface area is 113 Å². The van der Waals surface area contributed by atoms with E-state index in [1.165, 1.54) is 23.5 Å². The smallest absolute Gasteiger partial charge is 0.226 e. The normalized spacial score (nSPS) is 10.2. The number of aromatic nitrogens is 2. The summed E-state index contributed by atoms with van der Waals surface area (Å²) < 4.78 is 18.0. The fourth-order valence-corrected chi connectivity index (χ4v) is 1.82. The Morgan fingerprint density at radius 2 is 2.16 bits per heavy atom. The molecule has 0 aliphatic carbocycles. The molecule has 0 radical (unpaired) electrons. The number of hydrogen-bond acceptors (Lipinski definition) is 5. The van der Waals surface area contributed by atoms with E-state index in [0.29, 0.717) is 30.3 Å². The molecule has 1 aromatic carbocycles. The summed E-state index contributed by atoms with van der Waals surface area (Å²) in [5.41, 5.74) is 1.55. The summed E-state index contributed by atoms with van der Waals surface area (Å²) in [7, 11) is 0. The first-order valence-electron chi connectivity index (χ1n) is 5.68. The second kappa shape index (κ2) is 6.79. The van der Waals surface area contributed by atoms with Crippen LogP contribution in [0.15, 0.2) is 29.8 Å². The monoisotopic (exact) mass is 281 g/mol. The maximum atomic E-state index is 12.6. The number of nitrogens with zero attached hydrogens (tertiary/aromatic N) is 2. The van der Waals surface area contributed by atoms with Crippen molar-refractivity contribution in [3.05, 3.63) is 35.6 Å². The van der Waals surface area contributed by atoms with Crippen LogP contribution < -0.4 is 10.1 Å². The van der Waals surface area contributed by atoms with Gasteiger partial charge in [-0.05, 0) is 30.7 Å². The van der Waals surface area contributed by atoms with Crippen LogP contribution in [0.25, 0.3) is 0 Å². The molecule has 1 N–H and O–H groups in total. The summed E-state index contributed by atoms with van der Waals surface area (Å²) in [6.45, 7) is 0.398. The van der Waals surface area contributed by atoms with Crippen molar-refractivity contribution in [3.8, 4) is 5.75 Å². The number of hydrogen-bond donors (Lipinski definition) is 1. The van der Waals surface area contributed by atoms with Crippen molar-refractivity contribution in [1.29, 1.82) is 0 Å². The lowest BCUT2D eigenvalue weighted by Crippen LogP contribution is -2.12. The summed E-state index contributed by atoms with van der Waals surface area (Å²) >= 11 is 1.27. The number of anilines is 1. The third-order valence-electron chi connectivity index (χ3n) is 2.24. The zero-order valence-corrected chi connectivity index (χ0v) is 10.8. The molecule has 2 aromatic rings. The van der Waals surface area contributed by atoms with Gasteiger partial charge >= 0.3 is 0 Å². The molecule has 0 aliphatic heterocycles. The van der Waals surface area contributed by atoms with E-state index in [9.17, 15) is 9.18 Å². The van der Waals surface area contributed by atoms with Crippen molar-refractivity contribution >= 4 is 22.4 Å². The zero-order chi connectivity index (χ0) is 13.5. The van der Waals surface area contributed by atoms with E-state index in [1.807, 2.05) is 0 Å². The van der Waals surface area contributed by atoms with Crippen molar-refractivity contribution in [2.24, 2.45) is 0 Å². The average molecular weight is 281 g/mol. The SMILES string of the molecule is O=C(CCCOc1ccc(F)cc1)Nc1nncs1. The van der Waals surface area contributed by atoms with Gasteiger partial charge < -0.3 is 10.1 Å². The molecule has 0 atom stereocenters. The minimum Gasteiger partial charge on any atom is -0.494 e. The third kappa shape index (κ3) is 4.63. The highest BCUT2D eigenvalue weighted by molar-refractivity contribution is 7.13. The van der Waals surface area contributed by atoms with Gasteiger partial charge in [0.05, 0.1) is 6.61 Å². The lowest BCUT2D eigenvalue weighted by Gasteiger charge is -2.05. The van der Waals surface area contributed by atoms with E-state index in [-0.39, 0.29) is 11.7 Å². The molecule has 0 aliphatic rings. The summed E-state index contributed by atoms with van der Waals surface area (Å²) in [5.74, 6) is 0.161. The van der Waals surface area contributed by atoms with Crippen LogP contribution in [0.5, 0.6) is 5.75 Å². The molecule has 0 spiro atoms. The highest BCUT2D eigenvalue weighted by Gasteiger charge is 2.04. The fourth-order valence-electron chi connectivity index (χ4n) is 1.36. The van der Waals surface area contributed by atoms with Crippen LogP contribution in [-0.2, 0) is 4.79 Å². The van der Waals surface area contributed by atoms with E-state index >= 15 is 0 Å². The average Bonchev–Trinajstić information content (AvgIpc) is 2.89. The largest absolute Gasteiger partial charge is 0.494 e. The van der Waals surface area contributed by atoms with Gasteiger partial charge in [0.2, 0.25) is 11.0 Å². The minimum absolute atomic E-state index is 0.126. The molecule has 2 rings (SSSR count). The second-order valence-electron chi connectivity index (χ2n) is 3.70. The van der Waals surface area contributed by atoms with Crippen LogP contribution in [0.3, 0.4) is 0 Å². The van der Waals surface area contributed by atoms with Crippen LogP contribution in [0.4, 0.5) is 9.52 Å². The lowest BCUT2D eigenvalue weighted by atomic mass is 10.3. The maximum absolute atomic E-state index is 12.6. The zero-order valence-electron chi connectivity index (χ0n) is 10.0. The Balaban J connectivity index is 1.64. The van der Waals surface area contributed by atoms with E-state index < -0.39 is 0 Å². The highest BCUT2D eigenvalue weighted by Crippen LogP contribution is 2.12.